The van der Waals surface area contributed by atoms with E-state index in [1.807, 2.05) is 32.0 Å². The monoisotopic (exact) mass is 298 g/mol. The number of anilines is 2. The quantitative estimate of drug-likeness (QED) is 0.885. The highest BCUT2D eigenvalue weighted by Gasteiger charge is 2.11. The highest BCUT2D eigenvalue weighted by Crippen LogP contribution is 2.17. The molecule has 0 fully saturated rings. The van der Waals surface area contributed by atoms with Gasteiger partial charge in [0.05, 0.1) is 0 Å². The van der Waals surface area contributed by atoms with Crippen molar-refractivity contribution >= 4 is 17.4 Å². The highest BCUT2D eigenvalue weighted by atomic mass is 16.1. The number of hydrogen-bond donors (Lipinski definition) is 2. The highest BCUT2D eigenvalue weighted by molar-refractivity contribution is 6.03. The topological polar surface area (TPSA) is 66.9 Å². The predicted octanol–water partition coefficient (Wildman–Crippen LogP) is 3.56. The van der Waals surface area contributed by atoms with Crippen LogP contribution in [0, 0.1) is 13.8 Å². The van der Waals surface area contributed by atoms with Crippen molar-refractivity contribution in [3.8, 4) is 0 Å². The molecule has 116 valence electrons. The summed E-state index contributed by atoms with van der Waals surface area (Å²) in [5.41, 5.74) is 3.27. The average Bonchev–Trinajstić information content (AvgIpc) is 2.51. The minimum absolute atomic E-state index is 0.233. The number of aromatic nitrogens is 2. The molecule has 1 amide bonds. The zero-order chi connectivity index (χ0) is 16.1. The van der Waals surface area contributed by atoms with Gasteiger partial charge in [0.2, 0.25) is 0 Å². The number of amides is 1. The first-order chi connectivity index (χ1) is 10.5. The van der Waals surface area contributed by atoms with Crippen LogP contribution in [-0.4, -0.2) is 21.9 Å². The van der Waals surface area contributed by atoms with Crippen molar-refractivity contribution in [1.29, 1.82) is 0 Å². The molecule has 22 heavy (non-hydrogen) atoms. The van der Waals surface area contributed by atoms with Crippen molar-refractivity contribution in [2.24, 2.45) is 0 Å². The van der Waals surface area contributed by atoms with Gasteiger partial charge < -0.3 is 10.6 Å². The molecule has 2 aromatic rings. The van der Waals surface area contributed by atoms with Gasteiger partial charge in [0.25, 0.3) is 5.91 Å². The van der Waals surface area contributed by atoms with Crippen LogP contribution in [0.15, 0.2) is 30.6 Å². The third-order valence-corrected chi connectivity index (χ3v) is 3.55. The van der Waals surface area contributed by atoms with E-state index in [0.29, 0.717) is 17.6 Å². The van der Waals surface area contributed by atoms with Crippen LogP contribution in [-0.2, 0) is 0 Å². The molecule has 5 heteroatoms. The fraction of sp³-hybridized carbons (Fsp3) is 0.353. The number of benzene rings is 1. The molecule has 0 bridgehead atoms. The van der Waals surface area contributed by atoms with E-state index < -0.39 is 0 Å². The number of carbonyl (C=O) groups excluding carboxylic acids is 1. The summed E-state index contributed by atoms with van der Waals surface area (Å²) in [6, 6.07) is 7.93. The van der Waals surface area contributed by atoms with Crippen LogP contribution in [0.2, 0.25) is 0 Å². The smallest absolute Gasteiger partial charge is 0.274 e. The molecule has 1 unspecified atom stereocenters. The molecule has 2 rings (SSSR count). The number of nitrogens with one attached hydrogen (secondary N) is 2. The van der Waals surface area contributed by atoms with Crippen molar-refractivity contribution in [1.82, 2.24) is 9.97 Å². The summed E-state index contributed by atoms with van der Waals surface area (Å²) in [6.07, 6.45) is 2.39. The molecule has 0 aliphatic carbocycles. The van der Waals surface area contributed by atoms with Gasteiger partial charge in [0.15, 0.2) is 0 Å². The normalized spacial score (nSPS) is 11.8. The number of aryl methyl sites for hydroxylation is 2. The summed E-state index contributed by atoms with van der Waals surface area (Å²) in [5, 5.41) is 6.14. The molecule has 2 N–H and O–H groups in total. The van der Waals surface area contributed by atoms with Crippen LogP contribution in [0.25, 0.3) is 0 Å². The van der Waals surface area contributed by atoms with E-state index in [2.05, 4.69) is 34.4 Å². The Balaban J connectivity index is 2.15. The minimum Gasteiger partial charge on any atom is -0.368 e. The Labute approximate surface area is 131 Å². The van der Waals surface area contributed by atoms with E-state index in [1.165, 1.54) is 6.33 Å². The van der Waals surface area contributed by atoms with Crippen molar-refractivity contribution < 1.29 is 4.79 Å². The molecule has 0 aliphatic rings. The lowest BCUT2D eigenvalue weighted by atomic mass is 10.1. The van der Waals surface area contributed by atoms with E-state index in [1.54, 1.807) is 6.07 Å². The van der Waals surface area contributed by atoms with Gasteiger partial charge in [-0.1, -0.05) is 19.1 Å². The van der Waals surface area contributed by atoms with E-state index in [-0.39, 0.29) is 5.91 Å². The second-order valence-electron chi connectivity index (χ2n) is 5.51. The van der Waals surface area contributed by atoms with E-state index in [4.69, 9.17) is 0 Å². The Morgan fingerprint density at radius 1 is 1.23 bits per heavy atom. The third kappa shape index (κ3) is 4.04. The summed E-state index contributed by atoms with van der Waals surface area (Å²) in [7, 11) is 0. The van der Waals surface area contributed by atoms with Crippen LogP contribution < -0.4 is 10.6 Å². The minimum atomic E-state index is -0.233. The first kappa shape index (κ1) is 15.9. The van der Waals surface area contributed by atoms with Crippen LogP contribution in [0.1, 0.15) is 41.9 Å². The Morgan fingerprint density at radius 2 is 2.00 bits per heavy atom. The van der Waals surface area contributed by atoms with Gasteiger partial charge >= 0.3 is 0 Å². The van der Waals surface area contributed by atoms with Crippen molar-refractivity contribution in [2.45, 2.75) is 40.2 Å². The summed E-state index contributed by atoms with van der Waals surface area (Å²) in [5.74, 6) is 0.429. The van der Waals surface area contributed by atoms with Gasteiger partial charge in [-0.2, -0.15) is 0 Å². The van der Waals surface area contributed by atoms with Gasteiger partial charge in [-0.05, 0) is 44.4 Å². The second kappa shape index (κ2) is 7.02. The van der Waals surface area contributed by atoms with E-state index >= 15 is 0 Å². The zero-order valence-corrected chi connectivity index (χ0v) is 13.5. The van der Waals surface area contributed by atoms with Gasteiger partial charge in [-0.3, -0.25) is 4.79 Å². The van der Waals surface area contributed by atoms with Crippen LogP contribution >= 0.6 is 0 Å². The van der Waals surface area contributed by atoms with Gasteiger partial charge in [-0.15, -0.1) is 0 Å². The van der Waals surface area contributed by atoms with Crippen molar-refractivity contribution in [3.63, 3.8) is 0 Å². The van der Waals surface area contributed by atoms with E-state index in [0.717, 1.165) is 23.2 Å². The largest absolute Gasteiger partial charge is 0.368 e. The maximum atomic E-state index is 12.4. The zero-order valence-electron chi connectivity index (χ0n) is 13.5. The molecule has 1 aromatic heterocycles. The number of hydrogen-bond acceptors (Lipinski definition) is 4. The Morgan fingerprint density at radius 3 is 2.73 bits per heavy atom. The van der Waals surface area contributed by atoms with Crippen molar-refractivity contribution in [2.75, 3.05) is 10.6 Å². The molecule has 0 saturated heterocycles. The summed E-state index contributed by atoms with van der Waals surface area (Å²) >= 11 is 0. The summed E-state index contributed by atoms with van der Waals surface area (Å²) < 4.78 is 0. The lowest BCUT2D eigenvalue weighted by molar-refractivity contribution is 0.102. The molecule has 0 spiro atoms. The lowest BCUT2D eigenvalue weighted by Gasteiger charge is -2.13. The molecule has 0 saturated carbocycles. The maximum absolute atomic E-state index is 12.4. The van der Waals surface area contributed by atoms with Crippen LogP contribution in [0.4, 0.5) is 11.5 Å². The standard InChI is InChI=1S/C17H22N4O/c1-5-13(4)20-16-9-15(18-10-19-16)17(22)21-14-8-11(2)6-7-12(14)3/h6-10,13H,5H2,1-4H3,(H,21,22)(H,18,19,20). The molecule has 5 nitrogen and oxygen atoms in total. The van der Waals surface area contributed by atoms with E-state index in [9.17, 15) is 4.79 Å². The fourth-order valence-corrected chi connectivity index (χ4v) is 1.97. The van der Waals surface area contributed by atoms with Crippen LogP contribution in [0.3, 0.4) is 0 Å². The van der Waals surface area contributed by atoms with Gasteiger partial charge in [0.1, 0.15) is 17.8 Å². The molecular formula is C17H22N4O. The summed E-state index contributed by atoms with van der Waals surface area (Å²) in [4.78, 5) is 20.6. The molecule has 0 aliphatic heterocycles. The molecule has 1 heterocycles. The number of carbonyl (C=O) groups is 1. The number of rotatable bonds is 5. The molecule has 0 radical (unpaired) electrons. The van der Waals surface area contributed by atoms with Gasteiger partial charge in [0, 0.05) is 17.8 Å². The first-order valence-corrected chi connectivity index (χ1v) is 7.46. The molecular weight excluding hydrogens is 276 g/mol. The SMILES string of the molecule is CCC(C)Nc1cc(C(=O)Nc2cc(C)ccc2C)ncn1. The number of nitrogens with zero attached hydrogens (tertiary/aromatic N) is 2. The van der Waals surface area contributed by atoms with Crippen molar-refractivity contribution in [3.05, 3.63) is 47.4 Å². The van der Waals surface area contributed by atoms with Gasteiger partial charge in [-0.25, -0.2) is 9.97 Å². The Kier molecular flexibility index (Phi) is 5.09. The maximum Gasteiger partial charge on any atom is 0.274 e. The lowest BCUT2D eigenvalue weighted by Crippen LogP contribution is -2.18. The average molecular weight is 298 g/mol. The Bertz CT molecular complexity index is 669. The summed E-state index contributed by atoms with van der Waals surface area (Å²) in [6.45, 7) is 8.11. The first-order valence-electron chi connectivity index (χ1n) is 7.46. The predicted molar refractivity (Wildman–Crippen MR) is 89.3 cm³/mol. The second-order valence-corrected chi connectivity index (χ2v) is 5.51. The molecule has 1 aromatic carbocycles. The fourth-order valence-electron chi connectivity index (χ4n) is 1.97. The third-order valence-electron chi connectivity index (χ3n) is 3.55. The van der Waals surface area contributed by atoms with Crippen LogP contribution in [0.5, 0.6) is 0 Å². The Hall–Kier alpha value is -2.43. The molecule has 1 atom stereocenters.